The average Bonchev–Trinajstić information content (AvgIpc) is 2.76. The Kier molecular flexibility index (Phi) is 14.9. The highest BCUT2D eigenvalue weighted by Gasteiger charge is 2.16. The topological polar surface area (TPSA) is 55.4 Å². The number of anilines is 1. The monoisotopic (exact) mass is 532 g/mol. The molecule has 172 valence electrons. The molecule has 30 heavy (non-hydrogen) atoms. The van der Waals surface area contributed by atoms with Crippen LogP contribution in [-0.2, 0) is 4.74 Å². The van der Waals surface area contributed by atoms with Crippen LogP contribution in [0.3, 0.4) is 0 Å². The van der Waals surface area contributed by atoms with Gasteiger partial charge < -0.3 is 25.2 Å². The zero-order valence-electron chi connectivity index (χ0n) is 19.0. The van der Waals surface area contributed by atoms with Crippen LogP contribution in [0.4, 0.5) is 5.69 Å². The summed E-state index contributed by atoms with van der Waals surface area (Å²) in [4.78, 5) is 11.7. The van der Waals surface area contributed by atoms with Gasteiger partial charge in [-0.3, -0.25) is 9.89 Å². The van der Waals surface area contributed by atoms with E-state index in [0.717, 1.165) is 84.3 Å². The van der Waals surface area contributed by atoms with Gasteiger partial charge in [-0.2, -0.15) is 0 Å². The summed E-state index contributed by atoms with van der Waals surface area (Å²) in [7, 11) is 5.73. The van der Waals surface area contributed by atoms with Gasteiger partial charge in [0.25, 0.3) is 0 Å². The molecule has 0 amide bonds. The van der Waals surface area contributed by atoms with E-state index in [0.29, 0.717) is 0 Å². The van der Waals surface area contributed by atoms with Crippen molar-refractivity contribution in [1.29, 1.82) is 0 Å². The lowest BCUT2D eigenvalue weighted by atomic mass is 10.2. The van der Waals surface area contributed by atoms with Crippen molar-refractivity contribution < 1.29 is 4.74 Å². The summed E-state index contributed by atoms with van der Waals surface area (Å²) in [6.07, 6.45) is 2.20. The van der Waals surface area contributed by atoms with E-state index >= 15 is 0 Å². The molecule has 0 spiro atoms. The summed E-state index contributed by atoms with van der Waals surface area (Å²) < 4.78 is 5.10. The Morgan fingerprint density at radius 1 is 1.03 bits per heavy atom. The number of ether oxygens (including phenoxy) is 1. The second kappa shape index (κ2) is 16.6. The molecule has 2 rings (SSSR count). The Balaban J connectivity index is 0.00000450. The van der Waals surface area contributed by atoms with Crippen LogP contribution >= 0.6 is 24.0 Å². The molecule has 1 heterocycles. The van der Waals surface area contributed by atoms with Gasteiger partial charge in [0.05, 0.1) is 0 Å². The predicted molar refractivity (Wildman–Crippen MR) is 138 cm³/mol. The highest BCUT2D eigenvalue weighted by molar-refractivity contribution is 14.0. The predicted octanol–water partition coefficient (Wildman–Crippen LogP) is 1.95. The lowest BCUT2D eigenvalue weighted by Gasteiger charge is -2.36. The number of nitrogens with one attached hydrogen (secondary N) is 2. The molecular weight excluding hydrogens is 491 g/mol. The van der Waals surface area contributed by atoms with E-state index < -0.39 is 0 Å². The molecule has 8 heteroatoms. The minimum Gasteiger partial charge on any atom is -0.385 e. The van der Waals surface area contributed by atoms with E-state index in [-0.39, 0.29) is 24.0 Å². The Morgan fingerprint density at radius 3 is 2.40 bits per heavy atom. The maximum Gasteiger partial charge on any atom is 0.191 e. The third-order valence-corrected chi connectivity index (χ3v) is 5.34. The molecule has 0 unspecified atom stereocenters. The zero-order chi connectivity index (χ0) is 20.7. The summed E-state index contributed by atoms with van der Waals surface area (Å²) in [5.74, 6) is 0.893. The first kappa shape index (κ1) is 26.9. The second-order valence-corrected chi connectivity index (χ2v) is 7.59. The maximum absolute atomic E-state index is 5.10. The number of rotatable bonds is 12. The van der Waals surface area contributed by atoms with Crippen molar-refractivity contribution >= 4 is 35.6 Å². The van der Waals surface area contributed by atoms with Crippen LogP contribution in [0.5, 0.6) is 0 Å². The van der Waals surface area contributed by atoms with Gasteiger partial charge in [-0.15, -0.1) is 24.0 Å². The molecule has 1 saturated heterocycles. The molecule has 1 aliphatic heterocycles. The molecule has 0 bridgehead atoms. The van der Waals surface area contributed by atoms with Gasteiger partial charge in [-0.05, 0) is 38.6 Å². The van der Waals surface area contributed by atoms with Crippen molar-refractivity contribution in [2.45, 2.75) is 12.8 Å². The third-order valence-electron chi connectivity index (χ3n) is 5.34. The Morgan fingerprint density at radius 2 is 1.73 bits per heavy atom. The number of methoxy groups -OCH3 is 1. The number of halogens is 1. The Labute approximate surface area is 200 Å². The van der Waals surface area contributed by atoms with Crippen molar-refractivity contribution in [3.05, 3.63) is 30.3 Å². The minimum absolute atomic E-state index is 0. The van der Waals surface area contributed by atoms with Gasteiger partial charge in [0.2, 0.25) is 0 Å². The van der Waals surface area contributed by atoms with Crippen LogP contribution in [0, 0.1) is 0 Å². The van der Waals surface area contributed by atoms with Gasteiger partial charge in [0, 0.05) is 78.8 Å². The fourth-order valence-electron chi connectivity index (χ4n) is 3.55. The molecule has 0 aromatic heterocycles. The molecule has 0 aliphatic carbocycles. The van der Waals surface area contributed by atoms with Crippen LogP contribution in [0.25, 0.3) is 0 Å². The number of piperazine rings is 1. The van der Waals surface area contributed by atoms with E-state index in [1.54, 1.807) is 7.11 Å². The van der Waals surface area contributed by atoms with Gasteiger partial charge >= 0.3 is 0 Å². The van der Waals surface area contributed by atoms with Gasteiger partial charge in [0.15, 0.2) is 5.96 Å². The third kappa shape index (κ3) is 10.8. The molecule has 0 atom stereocenters. The average molecular weight is 533 g/mol. The fraction of sp³-hybridized carbons (Fsp3) is 0.682. The summed E-state index contributed by atoms with van der Waals surface area (Å²) >= 11 is 0. The van der Waals surface area contributed by atoms with Gasteiger partial charge in [0.1, 0.15) is 0 Å². The molecule has 1 aromatic carbocycles. The Bertz CT molecular complexity index is 566. The van der Waals surface area contributed by atoms with E-state index in [9.17, 15) is 0 Å². The second-order valence-electron chi connectivity index (χ2n) is 7.59. The number of hydrogen-bond donors (Lipinski definition) is 2. The highest BCUT2D eigenvalue weighted by Crippen LogP contribution is 2.15. The van der Waals surface area contributed by atoms with Crippen molar-refractivity contribution in [2.75, 3.05) is 91.6 Å². The largest absolute Gasteiger partial charge is 0.385 e. The number of nitrogens with zero attached hydrogens (tertiary/aromatic N) is 4. The first-order valence-corrected chi connectivity index (χ1v) is 10.9. The summed E-state index contributed by atoms with van der Waals surface area (Å²) in [5.41, 5.74) is 1.34. The number of para-hydroxylation sites is 1. The van der Waals surface area contributed by atoms with E-state index in [1.807, 2.05) is 7.05 Å². The molecule has 1 aromatic rings. The smallest absolute Gasteiger partial charge is 0.191 e. The van der Waals surface area contributed by atoms with Crippen molar-refractivity contribution in [1.82, 2.24) is 20.4 Å². The number of benzene rings is 1. The van der Waals surface area contributed by atoms with Gasteiger partial charge in [-0.25, -0.2) is 0 Å². The molecule has 1 aliphatic rings. The molecular formula is C22H41IN6O. The Hall–Kier alpha value is -1.10. The normalized spacial score (nSPS) is 15.2. The standard InChI is InChI=1S/C22H40N6O.HI/c1-23-22(25-12-15-26(2)13-8-20-29-3)24-11-7-14-27-16-18-28(19-17-27)21-9-5-4-6-10-21;/h4-6,9-10H,7-8,11-20H2,1-3H3,(H2,23,24,25);1H. The number of likely N-dealkylation sites (N-methyl/N-ethyl adjacent to an activating group) is 1. The number of hydrogen-bond acceptors (Lipinski definition) is 5. The van der Waals surface area contributed by atoms with Crippen molar-refractivity contribution in [3.63, 3.8) is 0 Å². The molecule has 0 saturated carbocycles. The van der Waals surface area contributed by atoms with E-state index in [2.05, 4.69) is 67.7 Å². The van der Waals surface area contributed by atoms with Crippen LogP contribution < -0.4 is 15.5 Å². The first-order valence-electron chi connectivity index (χ1n) is 10.9. The fourth-order valence-corrected chi connectivity index (χ4v) is 3.55. The van der Waals surface area contributed by atoms with E-state index in [1.165, 1.54) is 5.69 Å². The maximum atomic E-state index is 5.10. The minimum atomic E-state index is 0. The summed E-state index contributed by atoms with van der Waals surface area (Å²) in [5, 5.41) is 6.83. The summed E-state index contributed by atoms with van der Waals surface area (Å²) in [6, 6.07) is 10.7. The summed E-state index contributed by atoms with van der Waals surface area (Å²) in [6.45, 7) is 10.3. The molecule has 2 N–H and O–H groups in total. The lowest BCUT2D eigenvalue weighted by Crippen LogP contribution is -2.47. The molecule has 7 nitrogen and oxygen atoms in total. The zero-order valence-corrected chi connectivity index (χ0v) is 21.3. The van der Waals surface area contributed by atoms with Gasteiger partial charge in [-0.1, -0.05) is 18.2 Å². The van der Waals surface area contributed by atoms with Crippen LogP contribution in [-0.4, -0.2) is 102 Å². The SMILES string of the molecule is CN=C(NCCCN1CCN(c2ccccc2)CC1)NCCN(C)CCCOC.I. The first-order chi connectivity index (χ1) is 14.2. The van der Waals surface area contributed by atoms with E-state index in [4.69, 9.17) is 4.74 Å². The van der Waals surface area contributed by atoms with Crippen LogP contribution in [0.1, 0.15) is 12.8 Å². The molecule has 1 fully saturated rings. The lowest BCUT2D eigenvalue weighted by molar-refractivity contribution is 0.180. The van der Waals surface area contributed by atoms with Crippen molar-refractivity contribution in [2.24, 2.45) is 4.99 Å². The van der Waals surface area contributed by atoms with Crippen molar-refractivity contribution in [3.8, 4) is 0 Å². The number of aliphatic imine (C=N–C) groups is 1. The van der Waals surface area contributed by atoms with Crippen LogP contribution in [0.2, 0.25) is 0 Å². The quantitative estimate of drug-likeness (QED) is 0.186. The highest BCUT2D eigenvalue weighted by atomic mass is 127. The number of guanidine groups is 1. The van der Waals surface area contributed by atoms with Crippen LogP contribution in [0.15, 0.2) is 35.3 Å². The molecule has 0 radical (unpaired) electrons.